The van der Waals surface area contributed by atoms with Crippen LogP contribution in [0.1, 0.15) is 24.9 Å². The second-order valence-electron chi connectivity index (χ2n) is 6.84. The van der Waals surface area contributed by atoms with E-state index in [0.717, 1.165) is 22.3 Å². The maximum absolute atomic E-state index is 12.5. The fraction of sp³-hybridized carbons (Fsp3) is 0.227. The molecule has 4 aromatic rings. The lowest BCUT2D eigenvalue weighted by Crippen LogP contribution is -2.19. The molecule has 0 spiro atoms. The number of aromatic nitrogens is 4. The molecule has 2 aromatic carbocycles. The Hall–Kier alpha value is -3.61. The van der Waals surface area contributed by atoms with Gasteiger partial charge in [0.15, 0.2) is 0 Å². The number of amides is 1. The molecule has 0 aliphatic rings. The summed E-state index contributed by atoms with van der Waals surface area (Å²) in [6.45, 7) is 2.61. The molecule has 0 bridgehead atoms. The highest BCUT2D eigenvalue weighted by Gasteiger charge is 2.15. The van der Waals surface area contributed by atoms with Gasteiger partial charge in [-0.2, -0.15) is 5.10 Å². The van der Waals surface area contributed by atoms with Gasteiger partial charge in [0.2, 0.25) is 5.91 Å². The van der Waals surface area contributed by atoms with Crippen molar-refractivity contribution in [3.05, 3.63) is 72.7 Å². The normalized spacial score (nSPS) is 12.1. The van der Waals surface area contributed by atoms with Gasteiger partial charge in [-0.05, 0) is 36.8 Å². The Kier molecular flexibility index (Phi) is 5.29. The van der Waals surface area contributed by atoms with E-state index in [1.165, 1.54) is 0 Å². The molecule has 0 saturated carbocycles. The first kappa shape index (κ1) is 18.7. The zero-order valence-corrected chi connectivity index (χ0v) is 16.4. The molecule has 7 heteroatoms. The van der Waals surface area contributed by atoms with Crippen LogP contribution in [0.3, 0.4) is 0 Å². The summed E-state index contributed by atoms with van der Waals surface area (Å²) in [6, 6.07) is 17.5. The number of benzene rings is 2. The molecule has 0 aliphatic heterocycles. The quantitative estimate of drug-likeness (QED) is 0.521. The SMILES string of the molecule is COc1ccc(C(C)n2nccc2NC(=O)CCn2cnc3ccccc32)cc1. The van der Waals surface area contributed by atoms with Crippen molar-refractivity contribution in [1.29, 1.82) is 0 Å². The highest BCUT2D eigenvalue weighted by atomic mass is 16.5. The van der Waals surface area contributed by atoms with Gasteiger partial charge in [-0.25, -0.2) is 9.67 Å². The number of nitrogens with zero attached hydrogens (tertiary/aromatic N) is 4. The number of imidazole rings is 1. The van der Waals surface area contributed by atoms with Crippen molar-refractivity contribution in [1.82, 2.24) is 19.3 Å². The van der Waals surface area contributed by atoms with Gasteiger partial charge < -0.3 is 14.6 Å². The molecule has 1 unspecified atom stereocenters. The van der Waals surface area contributed by atoms with Gasteiger partial charge >= 0.3 is 0 Å². The first-order chi connectivity index (χ1) is 14.2. The van der Waals surface area contributed by atoms with Crippen molar-refractivity contribution in [2.75, 3.05) is 12.4 Å². The number of nitrogens with one attached hydrogen (secondary N) is 1. The van der Waals surface area contributed by atoms with Gasteiger partial charge in [-0.3, -0.25) is 4.79 Å². The maximum Gasteiger partial charge on any atom is 0.227 e. The van der Waals surface area contributed by atoms with E-state index in [4.69, 9.17) is 4.74 Å². The lowest BCUT2D eigenvalue weighted by atomic mass is 10.1. The zero-order chi connectivity index (χ0) is 20.2. The van der Waals surface area contributed by atoms with E-state index in [-0.39, 0.29) is 11.9 Å². The molecule has 29 heavy (non-hydrogen) atoms. The molecule has 4 rings (SSSR count). The van der Waals surface area contributed by atoms with Crippen LogP contribution in [0.5, 0.6) is 5.75 Å². The number of aryl methyl sites for hydroxylation is 1. The molecule has 1 atom stereocenters. The van der Waals surface area contributed by atoms with E-state index < -0.39 is 0 Å². The summed E-state index contributed by atoms with van der Waals surface area (Å²) < 4.78 is 9.02. The maximum atomic E-state index is 12.5. The molecule has 0 fully saturated rings. The molecule has 2 aromatic heterocycles. The van der Waals surface area contributed by atoms with Gasteiger partial charge in [0.25, 0.3) is 0 Å². The zero-order valence-electron chi connectivity index (χ0n) is 16.4. The van der Waals surface area contributed by atoms with E-state index in [1.54, 1.807) is 19.6 Å². The smallest absolute Gasteiger partial charge is 0.227 e. The third-order valence-electron chi connectivity index (χ3n) is 5.01. The summed E-state index contributed by atoms with van der Waals surface area (Å²) in [5.74, 6) is 1.42. The number of methoxy groups -OCH3 is 1. The van der Waals surface area contributed by atoms with Gasteiger partial charge in [0.1, 0.15) is 11.6 Å². The molecule has 7 nitrogen and oxygen atoms in total. The van der Waals surface area contributed by atoms with Crippen molar-refractivity contribution in [2.45, 2.75) is 25.9 Å². The largest absolute Gasteiger partial charge is 0.497 e. The summed E-state index contributed by atoms with van der Waals surface area (Å²) in [6.07, 6.45) is 3.81. The third kappa shape index (κ3) is 3.99. The predicted octanol–water partition coefficient (Wildman–Crippen LogP) is 3.88. The van der Waals surface area contributed by atoms with Gasteiger partial charge in [-0.15, -0.1) is 0 Å². The number of fused-ring (bicyclic) bond motifs is 1. The highest BCUT2D eigenvalue weighted by molar-refractivity contribution is 5.90. The number of hydrogen-bond donors (Lipinski definition) is 1. The summed E-state index contributed by atoms with van der Waals surface area (Å²) in [5.41, 5.74) is 3.03. The summed E-state index contributed by atoms with van der Waals surface area (Å²) in [5, 5.41) is 7.37. The average molecular weight is 389 g/mol. The third-order valence-corrected chi connectivity index (χ3v) is 5.01. The van der Waals surface area contributed by atoms with E-state index in [9.17, 15) is 4.79 Å². The molecule has 0 radical (unpaired) electrons. The van der Waals surface area contributed by atoms with Gasteiger partial charge in [-0.1, -0.05) is 24.3 Å². The minimum Gasteiger partial charge on any atom is -0.497 e. The Bertz CT molecular complexity index is 1110. The molecular formula is C22H23N5O2. The number of anilines is 1. The van der Waals surface area contributed by atoms with E-state index in [0.29, 0.717) is 18.8 Å². The summed E-state index contributed by atoms with van der Waals surface area (Å²) >= 11 is 0. The molecular weight excluding hydrogens is 366 g/mol. The van der Waals surface area contributed by atoms with E-state index >= 15 is 0 Å². The Morgan fingerprint density at radius 1 is 1.14 bits per heavy atom. The predicted molar refractivity (Wildman–Crippen MR) is 112 cm³/mol. The monoisotopic (exact) mass is 389 g/mol. The van der Waals surface area contributed by atoms with Crippen LogP contribution in [0, 0.1) is 0 Å². The number of carbonyl (C=O) groups is 1. The number of para-hydroxylation sites is 2. The van der Waals surface area contributed by atoms with Crippen molar-refractivity contribution in [3.63, 3.8) is 0 Å². The second-order valence-corrected chi connectivity index (χ2v) is 6.84. The summed E-state index contributed by atoms with van der Waals surface area (Å²) in [4.78, 5) is 16.9. The van der Waals surface area contributed by atoms with Gasteiger partial charge in [0.05, 0.1) is 36.7 Å². The van der Waals surface area contributed by atoms with E-state index in [1.807, 2.05) is 70.8 Å². The van der Waals surface area contributed by atoms with Gasteiger partial charge in [0, 0.05) is 19.0 Å². The minimum absolute atomic E-state index is 0.0243. The van der Waals surface area contributed by atoms with Crippen LogP contribution in [-0.4, -0.2) is 32.3 Å². The van der Waals surface area contributed by atoms with Crippen LogP contribution >= 0.6 is 0 Å². The molecule has 1 N–H and O–H groups in total. The number of ether oxygens (including phenoxy) is 1. The number of carbonyl (C=O) groups excluding carboxylic acids is 1. The Morgan fingerprint density at radius 2 is 1.93 bits per heavy atom. The van der Waals surface area contributed by atoms with Crippen LogP contribution in [0.4, 0.5) is 5.82 Å². The second kappa shape index (κ2) is 8.18. The number of rotatable bonds is 7. The standard InChI is InChI=1S/C22H23N5O2/c1-16(17-7-9-18(29-2)10-8-17)27-21(11-13-24-27)25-22(28)12-14-26-15-23-19-5-3-4-6-20(19)26/h3-11,13,15-16H,12,14H2,1-2H3,(H,25,28). The van der Waals surface area contributed by atoms with Crippen LogP contribution < -0.4 is 10.1 Å². The lowest BCUT2D eigenvalue weighted by molar-refractivity contribution is -0.116. The minimum atomic E-state index is -0.0635. The fourth-order valence-electron chi connectivity index (χ4n) is 3.36. The Labute approximate surface area is 168 Å². The first-order valence-electron chi connectivity index (χ1n) is 9.53. The highest BCUT2D eigenvalue weighted by Crippen LogP contribution is 2.23. The van der Waals surface area contributed by atoms with Crippen LogP contribution in [0.15, 0.2) is 67.1 Å². The molecule has 0 aliphatic carbocycles. The lowest BCUT2D eigenvalue weighted by Gasteiger charge is -2.17. The molecule has 2 heterocycles. The van der Waals surface area contributed by atoms with Crippen LogP contribution in [0.2, 0.25) is 0 Å². The van der Waals surface area contributed by atoms with Crippen LogP contribution in [0.25, 0.3) is 11.0 Å². The van der Waals surface area contributed by atoms with Crippen LogP contribution in [-0.2, 0) is 11.3 Å². The molecule has 0 saturated heterocycles. The Morgan fingerprint density at radius 3 is 2.72 bits per heavy atom. The van der Waals surface area contributed by atoms with Crippen molar-refractivity contribution in [3.8, 4) is 5.75 Å². The molecule has 148 valence electrons. The number of hydrogen-bond acceptors (Lipinski definition) is 4. The average Bonchev–Trinajstić information content (AvgIpc) is 3.38. The fourth-order valence-corrected chi connectivity index (χ4v) is 3.36. The Balaban J connectivity index is 1.42. The van der Waals surface area contributed by atoms with Crippen molar-refractivity contribution >= 4 is 22.8 Å². The first-order valence-corrected chi connectivity index (χ1v) is 9.53. The topological polar surface area (TPSA) is 74.0 Å². The van der Waals surface area contributed by atoms with Crippen molar-refractivity contribution in [2.24, 2.45) is 0 Å². The van der Waals surface area contributed by atoms with E-state index in [2.05, 4.69) is 15.4 Å². The van der Waals surface area contributed by atoms with Crippen molar-refractivity contribution < 1.29 is 9.53 Å². The summed E-state index contributed by atoms with van der Waals surface area (Å²) in [7, 11) is 1.65. The molecule has 1 amide bonds.